The molecule has 2 aliphatic rings. The number of rotatable bonds is 1. The molecule has 0 radical (unpaired) electrons. The van der Waals surface area contributed by atoms with Gasteiger partial charge in [-0.3, -0.25) is 9.63 Å². The number of hydroxylamine groups is 2. The van der Waals surface area contributed by atoms with Gasteiger partial charge < -0.3 is 0 Å². The summed E-state index contributed by atoms with van der Waals surface area (Å²) in [6.45, 7) is 6.94. The molecule has 0 aromatic rings. The number of amides is 1. The Morgan fingerprint density at radius 1 is 1.25 bits per heavy atom. The van der Waals surface area contributed by atoms with Crippen LogP contribution in [0, 0.1) is 17.3 Å². The van der Waals surface area contributed by atoms with E-state index in [2.05, 4.69) is 20.8 Å². The number of nitrogens with zero attached hydrogens (tertiary/aromatic N) is 1. The zero-order valence-corrected chi connectivity index (χ0v) is 10.8. The van der Waals surface area contributed by atoms with Crippen LogP contribution in [0.4, 0.5) is 0 Å². The van der Waals surface area contributed by atoms with Gasteiger partial charge in [0.15, 0.2) is 0 Å². The Balaban J connectivity index is 2.16. The van der Waals surface area contributed by atoms with E-state index in [-0.39, 0.29) is 5.91 Å². The predicted molar refractivity (Wildman–Crippen MR) is 62.5 cm³/mol. The Morgan fingerprint density at radius 3 is 2.50 bits per heavy atom. The average Bonchev–Trinajstić information content (AvgIpc) is 2.60. The molecule has 0 N–H and O–H groups in total. The van der Waals surface area contributed by atoms with Gasteiger partial charge >= 0.3 is 0 Å². The third-order valence-corrected chi connectivity index (χ3v) is 4.33. The number of fused-ring (bicyclic) bond motifs is 1. The van der Waals surface area contributed by atoms with Crippen molar-refractivity contribution in [1.29, 1.82) is 0 Å². The Kier molecular flexibility index (Phi) is 2.99. The van der Waals surface area contributed by atoms with Crippen molar-refractivity contribution in [3.63, 3.8) is 0 Å². The highest BCUT2D eigenvalue weighted by molar-refractivity contribution is 5.76. The summed E-state index contributed by atoms with van der Waals surface area (Å²) in [7, 11) is 1.62. The lowest BCUT2D eigenvalue weighted by Gasteiger charge is -2.40. The van der Waals surface area contributed by atoms with Gasteiger partial charge in [-0.1, -0.05) is 20.8 Å². The fourth-order valence-electron chi connectivity index (χ4n) is 3.63. The van der Waals surface area contributed by atoms with Crippen LogP contribution in [0.3, 0.4) is 0 Å². The molecule has 1 aliphatic carbocycles. The van der Waals surface area contributed by atoms with E-state index in [1.54, 1.807) is 12.2 Å². The maximum atomic E-state index is 11.7. The third-order valence-electron chi connectivity index (χ3n) is 4.33. The number of hydrogen-bond acceptors (Lipinski definition) is 2. The minimum absolute atomic E-state index is 0.165. The number of carbonyl (C=O) groups excluding carboxylic acids is 1. The Bertz CT molecular complexity index is 282. The minimum Gasteiger partial charge on any atom is -0.274 e. The summed E-state index contributed by atoms with van der Waals surface area (Å²) in [4.78, 5) is 17.0. The zero-order valence-electron chi connectivity index (χ0n) is 10.8. The van der Waals surface area contributed by atoms with Gasteiger partial charge in [-0.2, -0.15) is 0 Å². The van der Waals surface area contributed by atoms with Gasteiger partial charge in [-0.25, -0.2) is 5.06 Å². The molecule has 0 spiro atoms. The minimum atomic E-state index is 0.165. The molecule has 1 aliphatic heterocycles. The smallest absolute Gasteiger partial charge is 0.246 e. The molecule has 3 atom stereocenters. The summed E-state index contributed by atoms with van der Waals surface area (Å²) >= 11 is 0. The van der Waals surface area contributed by atoms with Crippen molar-refractivity contribution < 1.29 is 9.63 Å². The van der Waals surface area contributed by atoms with Gasteiger partial charge in [-0.15, -0.1) is 0 Å². The molecule has 0 bridgehead atoms. The Hall–Kier alpha value is -0.570. The van der Waals surface area contributed by atoms with Crippen LogP contribution in [0.2, 0.25) is 0 Å². The van der Waals surface area contributed by atoms with Crippen LogP contribution >= 0.6 is 0 Å². The molecule has 3 heteroatoms. The number of piperidine rings is 1. The number of carbonyl (C=O) groups is 1. The van der Waals surface area contributed by atoms with Crippen molar-refractivity contribution in [2.45, 2.75) is 52.5 Å². The van der Waals surface area contributed by atoms with Crippen LogP contribution in [-0.2, 0) is 9.63 Å². The lowest BCUT2D eigenvalue weighted by molar-refractivity contribution is -0.201. The average molecular weight is 225 g/mol. The van der Waals surface area contributed by atoms with E-state index in [0.29, 0.717) is 23.8 Å². The maximum Gasteiger partial charge on any atom is 0.246 e. The lowest BCUT2D eigenvalue weighted by atomic mass is 9.72. The predicted octanol–water partition coefficient (Wildman–Crippen LogP) is 2.61. The van der Waals surface area contributed by atoms with E-state index in [1.165, 1.54) is 6.42 Å². The first-order valence-electron chi connectivity index (χ1n) is 6.31. The third kappa shape index (κ3) is 1.86. The molecule has 92 valence electrons. The lowest BCUT2D eigenvalue weighted by Crippen LogP contribution is -2.47. The largest absolute Gasteiger partial charge is 0.274 e. The molecule has 0 aromatic carbocycles. The van der Waals surface area contributed by atoms with Gasteiger partial charge in [0.1, 0.15) is 0 Å². The van der Waals surface area contributed by atoms with Gasteiger partial charge in [0.25, 0.3) is 0 Å². The van der Waals surface area contributed by atoms with Crippen LogP contribution in [0.25, 0.3) is 0 Å². The molecule has 16 heavy (non-hydrogen) atoms. The summed E-state index contributed by atoms with van der Waals surface area (Å²) in [6, 6.07) is 0.329. The second-order valence-electron chi connectivity index (χ2n) is 6.22. The first-order valence-corrected chi connectivity index (χ1v) is 6.31. The second kappa shape index (κ2) is 4.02. The van der Waals surface area contributed by atoms with Gasteiger partial charge in [0.05, 0.1) is 13.2 Å². The van der Waals surface area contributed by atoms with E-state index in [4.69, 9.17) is 4.84 Å². The van der Waals surface area contributed by atoms with E-state index < -0.39 is 0 Å². The molecule has 1 amide bonds. The standard InChI is InChI=1S/C13H23NO2/c1-13(2,3)10-6-7-11-9(10)5-8-12(15)14(11)16-4/h9-11H,5-8H2,1-4H3/t9-,10+,11+/m1/s1. The molecule has 0 unspecified atom stereocenters. The second-order valence-corrected chi connectivity index (χ2v) is 6.22. The van der Waals surface area contributed by atoms with Crippen molar-refractivity contribution in [3.8, 4) is 0 Å². The molecule has 1 saturated carbocycles. The first-order chi connectivity index (χ1) is 7.45. The molecule has 3 nitrogen and oxygen atoms in total. The van der Waals surface area contributed by atoms with E-state index in [1.807, 2.05) is 0 Å². The molecular weight excluding hydrogens is 202 g/mol. The summed E-state index contributed by atoms with van der Waals surface area (Å²) in [5.74, 6) is 1.53. The summed E-state index contributed by atoms with van der Waals surface area (Å²) in [5.41, 5.74) is 0.346. The SMILES string of the molecule is CON1C(=O)CC[C@H]2[C@@H]1CC[C@@H]2C(C)(C)C. The Labute approximate surface area is 98.1 Å². The first kappa shape index (κ1) is 11.9. The van der Waals surface area contributed by atoms with E-state index in [9.17, 15) is 4.79 Å². The number of hydrogen-bond donors (Lipinski definition) is 0. The highest BCUT2D eigenvalue weighted by Gasteiger charge is 2.48. The summed E-state index contributed by atoms with van der Waals surface area (Å²) in [5, 5.41) is 1.64. The van der Waals surface area contributed by atoms with E-state index in [0.717, 1.165) is 18.8 Å². The van der Waals surface area contributed by atoms with E-state index >= 15 is 0 Å². The molecule has 1 heterocycles. The fraction of sp³-hybridized carbons (Fsp3) is 0.923. The van der Waals surface area contributed by atoms with Gasteiger partial charge in [-0.05, 0) is 36.5 Å². The molecular formula is C13H23NO2. The van der Waals surface area contributed by atoms with Crippen LogP contribution in [-0.4, -0.2) is 24.1 Å². The van der Waals surface area contributed by atoms with Gasteiger partial charge in [0.2, 0.25) is 5.91 Å². The summed E-state index contributed by atoms with van der Waals surface area (Å²) < 4.78 is 0. The van der Waals surface area contributed by atoms with Gasteiger partial charge in [0, 0.05) is 6.42 Å². The quantitative estimate of drug-likeness (QED) is 0.686. The normalized spacial score (nSPS) is 35.4. The fourth-order valence-corrected chi connectivity index (χ4v) is 3.63. The van der Waals surface area contributed by atoms with Crippen molar-refractivity contribution >= 4 is 5.91 Å². The van der Waals surface area contributed by atoms with Crippen molar-refractivity contribution in [2.24, 2.45) is 17.3 Å². The van der Waals surface area contributed by atoms with Crippen LogP contribution in [0.5, 0.6) is 0 Å². The van der Waals surface area contributed by atoms with Crippen molar-refractivity contribution in [2.75, 3.05) is 7.11 Å². The molecule has 2 rings (SSSR count). The molecule has 2 fully saturated rings. The van der Waals surface area contributed by atoms with Crippen molar-refractivity contribution in [3.05, 3.63) is 0 Å². The highest BCUT2D eigenvalue weighted by atomic mass is 16.7. The van der Waals surface area contributed by atoms with Crippen LogP contribution in [0.1, 0.15) is 46.5 Å². The van der Waals surface area contributed by atoms with Crippen LogP contribution in [0.15, 0.2) is 0 Å². The highest BCUT2D eigenvalue weighted by Crippen LogP contribution is 2.48. The van der Waals surface area contributed by atoms with Crippen LogP contribution < -0.4 is 0 Å². The summed E-state index contributed by atoms with van der Waals surface area (Å²) in [6.07, 6.45) is 4.03. The van der Waals surface area contributed by atoms with Crippen molar-refractivity contribution in [1.82, 2.24) is 5.06 Å². The Morgan fingerprint density at radius 2 is 1.94 bits per heavy atom. The monoisotopic (exact) mass is 225 g/mol. The topological polar surface area (TPSA) is 29.5 Å². The molecule has 1 saturated heterocycles. The maximum absolute atomic E-state index is 11.7. The molecule has 0 aromatic heterocycles. The zero-order chi connectivity index (χ0) is 11.9.